The van der Waals surface area contributed by atoms with E-state index >= 15 is 0 Å². The maximum Gasteiger partial charge on any atom is 0.145 e. The van der Waals surface area contributed by atoms with Gasteiger partial charge in [0.25, 0.3) is 0 Å². The van der Waals surface area contributed by atoms with Crippen molar-refractivity contribution in [3.05, 3.63) is 55.0 Å². The average Bonchev–Trinajstić information content (AvgIpc) is 2.78. The number of benzene rings is 2. The van der Waals surface area contributed by atoms with Crippen molar-refractivity contribution in [1.82, 2.24) is 19.9 Å². The van der Waals surface area contributed by atoms with Crippen molar-refractivity contribution < 1.29 is 4.74 Å². The molecule has 2 aromatic heterocycles. The second kappa shape index (κ2) is 7.29. The van der Waals surface area contributed by atoms with Gasteiger partial charge in [0.15, 0.2) is 0 Å². The van der Waals surface area contributed by atoms with Gasteiger partial charge in [0, 0.05) is 43.1 Å². The number of fused-ring (bicyclic) bond motifs is 2. The quantitative estimate of drug-likeness (QED) is 0.537. The van der Waals surface area contributed by atoms with Crippen LogP contribution in [0.3, 0.4) is 0 Å². The molecule has 3 heterocycles. The molecule has 2 aromatic carbocycles. The summed E-state index contributed by atoms with van der Waals surface area (Å²) in [7, 11) is 3.84. The highest BCUT2D eigenvalue weighted by atomic mass is 16.5. The molecule has 6 heteroatoms. The molecule has 0 atom stereocenters. The summed E-state index contributed by atoms with van der Waals surface area (Å²) in [4.78, 5) is 18.4. The fourth-order valence-corrected chi connectivity index (χ4v) is 4.04. The van der Waals surface area contributed by atoms with Gasteiger partial charge in [-0.2, -0.15) is 0 Å². The van der Waals surface area contributed by atoms with Gasteiger partial charge in [0.1, 0.15) is 23.4 Å². The van der Waals surface area contributed by atoms with E-state index in [1.54, 1.807) is 19.6 Å². The molecule has 0 bridgehead atoms. The third-order valence-electron chi connectivity index (χ3n) is 5.68. The van der Waals surface area contributed by atoms with Crippen LogP contribution >= 0.6 is 0 Å². The lowest BCUT2D eigenvalue weighted by atomic mass is 9.98. The highest BCUT2D eigenvalue weighted by Gasteiger charge is 2.18. The van der Waals surface area contributed by atoms with Gasteiger partial charge < -0.3 is 14.5 Å². The third-order valence-corrected chi connectivity index (χ3v) is 5.68. The molecule has 0 aliphatic carbocycles. The first-order chi connectivity index (χ1) is 14.2. The van der Waals surface area contributed by atoms with Gasteiger partial charge >= 0.3 is 0 Å². The lowest BCUT2D eigenvalue weighted by Gasteiger charge is -2.33. The average molecular weight is 385 g/mol. The minimum absolute atomic E-state index is 0.784. The van der Waals surface area contributed by atoms with Gasteiger partial charge in [0.2, 0.25) is 0 Å². The molecule has 1 saturated heterocycles. The molecule has 6 nitrogen and oxygen atoms in total. The van der Waals surface area contributed by atoms with Crippen molar-refractivity contribution in [2.75, 3.05) is 45.2 Å². The SMILES string of the molecule is COc1ccc(-c2ccc3ncnc(N4CCN(C)CC4)c3c2)c2cccnc12. The van der Waals surface area contributed by atoms with Crippen molar-refractivity contribution in [1.29, 1.82) is 0 Å². The number of ether oxygens (including phenoxy) is 1. The Balaban J connectivity index is 1.66. The first kappa shape index (κ1) is 17.8. The summed E-state index contributed by atoms with van der Waals surface area (Å²) < 4.78 is 5.50. The number of pyridine rings is 1. The molecule has 4 aromatic rings. The minimum Gasteiger partial charge on any atom is -0.494 e. The van der Waals surface area contributed by atoms with Crippen LogP contribution in [0.15, 0.2) is 55.0 Å². The van der Waals surface area contributed by atoms with Gasteiger partial charge in [-0.1, -0.05) is 12.1 Å². The molecule has 0 unspecified atom stereocenters. The van der Waals surface area contributed by atoms with E-state index in [0.29, 0.717) is 0 Å². The Morgan fingerprint density at radius 1 is 0.897 bits per heavy atom. The molecule has 0 N–H and O–H groups in total. The monoisotopic (exact) mass is 385 g/mol. The molecule has 1 fully saturated rings. The van der Waals surface area contributed by atoms with E-state index in [1.165, 1.54) is 0 Å². The molecule has 5 rings (SSSR count). The molecule has 1 aliphatic heterocycles. The van der Waals surface area contributed by atoms with Crippen molar-refractivity contribution in [2.45, 2.75) is 0 Å². The summed E-state index contributed by atoms with van der Waals surface area (Å²) in [6.45, 7) is 4.03. The maximum absolute atomic E-state index is 5.50. The van der Waals surface area contributed by atoms with Crippen LogP contribution in [0, 0.1) is 0 Å². The first-order valence-corrected chi connectivity index (χ1v) is 9.85. The number of aromatic nitrogens is 3. The topological polar surface area (TPSA) is 54.4 Å². The van der Waals surface area contributed by atoms with Gasteiger partial charge in [-0.05, 0) is 48.5 Å². The lowest BCUT2D eigenvalue weighted by Crippen LogP contribution is -2.44. The van der Waals surface area contributed by atoms with Crippen LogP contribution in [-0.4, -0.2) is 60.2 Å². The molecule has 29 heavy (non-hydrogen) atoms. The largest absolute Gasteiger partial charge is 0.494 e. The number of piperazine rings is 1. The number of hydrogen-bond acceptors (Lipinski definition) is 6. The van der Waals surface area contributed by atoms with Gasteiger partial charge in [-0.15, -0.1) is 0 Å². The second-order valence-corrected chi connectivity index (χ2v) is 7.43. The molecule has 1 aliphatic rings. The summed E-state index contributed by atoms with van der Waals surface area (Å²) >= 11 is 0. The number of methoxy groups -OCH3 is 1. The molecule has 0 spiro atoms. The molecule has 0 saturated carbocycles. The number of anilines is 1. The van der Waals surface area contributed by atoms with E-state index in [1.807, 2.05) is 12.1 Å². The van der Waals surface area contributed by atoms with E-state index < -0.39 is 0 Å². The standard InChI is InChI=1S/C23H23N5O/c1-27-10-12-28(13-11-27)23-19-14-16(5-7-20(19)25-15-26-23)17-6-8-21(29-2)22-18(17)4-3-9-24-22/h3-9,14-15H,10-13H2,1-2H3. The Bertz CT molecular complexity index is 1180. The smallest absolute Gasteiger partial charge is 0.145 e. The second-order valence-electron chi connectivity index (χ2n) is 7.43. The van der Waals surface area contributed by atoms with Gasteiger partial charge in [0.05, 0.1) is 12.6 Å². The number of hydrogen-bond donors (Lipinski definition) is 0. The predicted molar refractivity (Wildman–Crippen MR) is 117 cm³/mol. The molecule has 0 radical (unpaired) electrons. The zero-order valence-corrected chi connectivity index (χ0v) is 16.7. The normalized spacial score (nSPS) is 15.2. The van der Waals surface area contributed by atoms with E-state index in [-0.39, 0.29) is 0 Å². The van der Waals surface area contributed by atoms with E-state index in [0.717, 1.165) is 70.7 Å². The van der Waals surface area contributed by atoms with Crippen molar-refractivity contribution in [2.24, 2.45) is 0 Å². The summed E-state index contributed by atoms with van der Waals surface area (Å²) in [6.07, 6.45) is 3.47. The Kier molecular flexibility index (Phi) is 4.48. The highest BCUT2D eigenvalue weighted by molar-refractivity contribution is 6.01. The fourth-order valence-electron chi connectivity index (χ4n) is 4.04. The number of likely N-dealkylation sites (N-methyl/N-ethyl adjacent to an activating group) is 1. The van der Waals surface area contributed by atoms with Crippen molar-refractivity contribution in [3.63, 3.8) is 0 Å². The van der Waals surface area contributed by atoms with Crippen molar-refractivity contribution >= 4 is 27.6 Å². The maximum atomic E-state index is 5.50. The third kappa shape index (κ3) is 3.15. The summed E-state index contributed by atoms with van der Waals surface area (Å²) in [5.74, 6) is 1.80. The van der Waals surface area contributed by atoms with Crippen LogP contribution in [0.25, 0.3) is 32.9 Å². The molecule has 146 valence electrons. The van der Waals surface area contributed by atoms with E-state index in [9.17, 15) is 0 Å². The van der Waals surface area contributed by atoms with E-state index in [2.05, 4.69) is 62.1 Å². The highest BCUT2D eigenvalue weighted by Crippen LogP contribution is 2.35. The summed E-state index contributed by atoms with van der Waals surface area (Å²) in [5.41, 5.74) is 4.09. The Morgan fingerprint density at radius 3 is 2.59 bits per heavy atom. The Labute approximate surface area is 169 Å². The minimum atomic E-state index is 0.784. The zero-order chi connectivity index (χ0) is 19.8. The zero-order valence-electron chi connectivity index (χ0n) is 16.7. The number of nitrogens with zero attached hydrogens (tertiary/aromatic N) is 5. The lowest BCUT2D eigenvalue weighted by molar-refractivity contribution is 0.312. The Morgan fingerprint density at radius 2 is 1.76 bits per heavy atom. The van der Waals surface area contributed by atoms with Gasteiger partial charge in [-0.25, -0.2) is 9.97 Å². The first-order valence-electron chi connectivity index (χ1n) is 9.85. The van der Waals surface area contributed by atoms with Crippen molar-refractivity contribution in [3.8, 4) is 16.9 Å². The van der Waals surface area contributed by atoms with Crippen LogP contribution in [-0.2, 0) is 0 Å². The van der Waals surface area contributed by atoms with Crippen LogP contribution in [0.1, 0.15) is 0 Å². The molecule has 0 amide bonds. The number of rotatable bonds is 3. The fraction of sp³-hybridized carbons (Fsp3) is 0.261. The predicted octanol–water partition coefficient (Wildman–Crippen LogP) is 3.61. The van der Waals surface area contributed by atoms with Crippen LogP contribution in [0.4, 0.5) is 5.82 Å². The summed E-state index contributed by atoms with van der Waals surface area (Å²) in [6, 6.07) is 14.5. The Hall–Kier alpha value is -3.25. The van der Waals surface area contributed by atoms with Crippen LogP contribution < -0.4 is 9.64 Å². The van der Waals surface area contributed by atoms with Crippen LogP contribution in [0.2, 0.25) is 0 Å². The summed E-state index contributed by atoms with van der Waals surface area (Å²) in [5, 5.41) is 2.16. The van der Waals surface area contributed by atoms with Gasteiger partial charge in [-0.3, -0.25) is 4.98 Å². The van der Waals surface area contributed by atoms with Crippen LogP contribution in [0.5, 0.6) is 5.75 Å². The van der Waals surface area contributed by atoms with E-state index in [4.69, 9.17) is 4.74 Å². The molecular weight excluding hydrogens is 362 g/mol. The molecular formula is C23H23N5O.